The molecule has 0 saturated heterocycles. The predicted octanol–water partition coefficient (Wildman–Crippen LogP) is 6.43. The first kappa shape index (κ1) is 23.7. The van der Waals surface area contributed by atoms with Gasteiger partial charge in [0, 0.05) is 15.7 Å². The van der Waals surface area contributed by atoms with E-state index in [1.165, 1.54) is 24.3 Å². The number of amides is 1. The number of nitriles is 1. The summed E-state index contributed by atoms with van der Waals surface area (Å²) in [6.45, 7) is 0.308. The van der Waals surface area contributed by atoms with Gasteiger partial charge in [0.2, 0.25) is 0 Å². The number of fused-ring (bicyclic) bond motifs is 1. The molecule has 1 amide bonds. The van der Waals surface area contributed by atoms with E-state index in [1.807, 2.05) is 66.7 Å². The van der Waals surface area contributed by atoms with Crippen LogP contribution in [0.15, 0.2) is 95.0 Å². The molecule has 6 nitrogen and oxygen atoms in total. The molecule has 4 aromatic carbocycles. The summed E-state index contributed by atoms with van der Waals surface area (Å²) in [5, 5.41) is 23.3. The maximum atomic E-state index is 12.9. The van der Waals surface area contributed by atoms with E-state index in [9.17, 15) is 20.0 Å². The lowest BCUT2D eigenvalue weighted by molar-refractivity contribution is -0.112. The van der Waals surface area contributed by atoms with Crippen LogP contribution in [0.1, 0.15) is 21.5 Å². The Labute approximate surface area is 210 Å². The molecule has 2 N–H and O–H groups in total. The largest absolute Gasteiger partial charge is 0.488 e. The third kappa shape index (κ3) is 5.75. The van der Waals surface area contributed by atoms with E-state index in [1.54, 1.807) is 6.07 Å². The molecule has 0 radical (unpaired) electrons. The van der Waals surface area contributed by atoms with E-state index >= 15 is 0 Å². The topological polar surface area (TPSA) is 99.4 Å². The third-order valence-corrected chi connectivity index (χ3v) is 5.79. The monoisotopic (exact) mass is 526 g/mol. The molecule has 0 heterocycles. The van der Waals surface area contributed by atoms with Crippen LogP contribution >= 0.6 is 15.9 Å². The first-order valence-electron chi connectivity index (χ1n) is 10.6. The minimum atomic E-state index is -1.11. The van der Waals surface area contributed by atoms with Crippen molar-refractivity contribution >= 4 is 50.3 Å². The highest BCUT2D eigenvalue weighted by Crippen LogP contribution is 2.31. The molecule has 0 atom stereocenters. The van der Waals surface area contributed by atoms with Crippen molar-refractivity contribution in [3.8, 4) is 11.8 Å². The minimum Gasteiger partial charge on any atom is -0.488 e. The number of hydrogen-bond donors (Lipinski definition) is 2. The smallest absolute Gasteiger partial charge is 0.335 e. The van der Waals surface area contributed by atoms with E-state index in [-0.39, 0.29) is 16.8 Å². The average Bonchev–Trinajstić information content (AvgIpc) is 2.87. The molecule has 4 aromatic rings. The molecule has 0 aliphatic heterocycles. The van der Waals surface area contributed by atoms with Crippen LogP contribution in [-0.4, -0.2) is 17.0 Å². The summed E-state index contributed by atoms with van der Waals surface area (Å²) >= 11 is 3.42. The van der Waals surface area contributed by atoms with Gasteiger partial charge in [0.05, 0.1) is 5.56 Å². The number of carbonyl (C=O) groups is 2. The number of carbonyl (C=O) groups excluding carboxylic acids is 1. The Kier molecular flexibility index (Phi) is 7.24. The van der Waals surface area contributed by atoms with Crippen molar-refractivity contribution in [2.75, 3.05) is 5.32 Å². The van der Waals surface area contributed by atoms with Gasteiger partial charge in [-0.3, -0.25) is 4.79 Å². The molecule has 0 saturated carbocycles. The third-order valence-electron chi connectivity index (χ3n) is 5.26. The fourth-order valence-electron chi connectivity index (χ4n) is 3.51. The van der Waals surface area contributed by atoms with Crippen LogP contribution in [0.4, 0.5) is 5.69 Å². The van der Waals surface area contributed by atoms with E-state index in [4.69, 9.17) is 4.74 Å². The Balaban J connectivity index is 1.68. The lowest BCUT2D eigenvalue weighted by atomic mass is 10.0. The number of ether oxygens (including phenoxy) is 1. The van der Waals surface area contributed by atoms with Crippen molar-refractivity contribution < 1.29 is 19.4 Å². The second kappa shape index (κ2) is 10.7. The van der Waals surface area contributed by atoms with Crippen LogP contribution < -0.4 is 10.1 Å². The number of benzene rings is 4. The van der Waals surface area contributed by atoms with E-state index in [0.717, 1.165) is 20.8 Å². The van der Waals surface area contributed by atoms with E-state index in [0.29, 0.717) is 17.9 Å². The molecule has 0 aromatic heterocycles. The van der Waals surface area contributed by atoms with Gasteiger partial charge in [0.15, 0.2) is 0 Å². The number of rotatable bonds is 7. The van der Waals surface area contributed by atoms with Gasteiger partial charge in [-0.2, -0.15) is 5.26 Å². The maximum absolute atomic E-state index is 12.9. The van der Waals surface area contributed by atoms with Crippen LogP contribution in [0.25, 0.3) is 16.8 Å². The molecule has 0 fully saturated rings. The van der Waals surface area contributed by atoms with Crippen molar-refractivity contribution in [1.82, 2.24) is 0 Å². The normalized spacial score (nSPS) is 11.0. The number of carboxylic acids is 1. The summed E-state index contributed by atoms with van der Waals surface area (Å²) in [7, 11) is 0. The highest BCUT2D eigenvalue weighted by Gasteiger charge is 2.15. The van der Waals surface area contributed by atoms with Crippen LogP contribution in [0.3, 0.4) is 0 Å². The van der Waals surface area contributed by atoms with Crippen molar-refractivity contribution in [2.45, 2.75) is 6.61 Å². The molecule has 0 bridgehead atoms. The van der Waals surface area contributed by atoms with Gasteiger partial charge < -0.3 is 15.2 Å². The fourth-order valence-corrected chi connectivity index (χ4v) is 3.78. The van der Waals surface area contributed by atoms with Gasteiger partial charge in [-0.15, -0.1) is 0 Å². The van der Waals surface area contributed by atoms with Crippen molar-refractivity contribution in [3.63, 3.8) is 0 Å². The fraction of sp³-hybridized carbons (Fsp3) is 0.0357. The molecule has 172 valence electrons. The number of anilines is 1. The van der Waals surface area contributed by atoms with Crippen LogP contribution in [-0.2, 0) is 11.4 Å². The summed E-state index contributed by atoms with van der Waals surface area (Å²) in [6, 6.07) is 26.9. The molecule has 4 rings (SSSR count). The molecule has 0 unspecified atom stereocenters. The molecule has 0 spiro atoms. The summed E-state index contributed by atoms with van der Waals surface area (Å²) < 4.78 is 7.06. The molecule has 35 heavy (non-hydrogen) atoms. The van der Waals surface area contributed by atoms with E-state index < -0.39 is 11.9 Å². The van der Waals surface area contributed by atoms with Crippen molar-refractivity contribution in [2.24, 2.45) is 0 Å². The molecular weight excluding hydrogens is 508 g/mol. The van der Waals surface area contributed by atoms with Crippen LogP contribution in [0.2, 0.25) is 0 Å². The van der Waals surface area contributed by atoms with Crippen molar-refractivity contribution in [1.29, 1.82) is 5.26 Å². The second-order valence-electron chi connectivity index (χ2n) is 7.62. The summed E-state index contributed by atoms with van der Waals surface area (Å²) in [5.41, 5.74) is 1.73. The summed E-state index contributed by atoms with van der Waals surface area (Å²) in [4.78, 5) is 24.1. The standard InChI is InChI=1S/C28H19BrN2O4/c29-22-11-8-18(9-12-22)17-35-26-13-10-19-4-1-2-7-24(19)25(26)15-21(16-30)27(32)31-23-6-3-5-20(14-23)28(33)34/h1-15H,17H2,(H,31,32)(H,33,34)/b21-15-. The quantitative estimate of drug-likeness (QED) is 0.213. The Morgan fingerprint density at radius 2 is 1.77 bits per heavy atom. The molecule has 7 heteroatoms. The number of hydrogen-bond acceptors (Lipinski definition) is 4. The number of nitrogens with one attached hydrogen (secondary N) is 1. The van der Waals surface area contributed by atoms with Gasteiger partial charge in [-0.1, -0.05) is 64.5 Å². The SMILES string of the molecule is N#C/C(=C/c1c(OCc2ccc(Br)cc2)ccc2ccccc12)C(=O)Nc1cccc(C(=O)O)c1. The molecule has 0 aliphatic rings. The first-order chi connectivity index (χ1) is 16.9. The zero-order valence-corrected chi connectivity index (χ0v) is 20.0. The zero-order valence-electron chi connectivity index (χ0n) is 18.4. The van der Waals surface area contributed by atoms with E-state index in [2.05, 4.69) is 21.2 Å². The van der Waals surface area contributed by atoms with Crippen LogP contribution in [0.5, 0.6) is 5.75 Å². The number of carboxylic acid groups (broad SMARTS) is 1. The highest BCUT2D eigenvalue weighted by molar-refractivity contribution is 9.10. The van der Waals surface area contributed by atoms with Gasteiger partial charge in [-0.05, 0) is 58.8 Å². The zero-order chi connectivity index (χ0) is 24.8. The van der Waals surface area contributed by atoms with Gasteiger partial charge in [-0.25, -0.2) is 4.79 Å². The Hall–Kier alpha value is -4.41. The Bertz CT molecular complexity index is 1490. The second-order valence-corrected chi connectivity index (χ2v) is 8.54. The maximum Gasteiger partial charge on any atom is 0.335 e. The summed E-state index contributed by atoms with van der Waals surface area (Å²) in [6.07, 6.45) is 1.50. The lowest BCUT2D eigenvalue weighted by Gasteiger charge is -2.13. The van der Waals surface area contributed by atoms with Crippen LogP contribution in [0, 0.1) is 11.3 Å². The molecular formula is C28H19BrN2O4. The number of halogens is 1. The molecule has 0 aliphatic carbocycles. The van der Waals surface area contributed by atoms with Crippen molar-refractivity contribution in [3.05, 3.63) is 112 Å². The number of aromatic carboxylic acids is 1. The Morgan fingerprint density at radius 1 is 1.00 bits per heavy atom. The average molecular weight is 527 g/mol. The predicted molar refractivity (Wildman–Crippen MR) is 138 cm³/mol. The van der Waals surface area contributed by atoms with Gasteiger partial charge in [0.1, 0.15) is 24.0 Å². The van der Waals surface area contributed by atoms with Gasteiger partial charge in [0.25, 0.3) is 5.91 Å². The lowest BCUT2D eigenvalue weighted by Crippen LogP contribution is -2.14. The highest BCUT2D eigenvalue weighted by atomic mass is 79.9. The first-order valence-corrected chi connectivity index (χ1v) is 11.4. The number of nitrogens with zero attached hydrogens (tertiary/aromatic N) is 1. The Morgan fingerprint density at radius 3 is 2.51 bits per heavy atom. The summed E-state index contributed by atoms with van der Waals surface area (Å²) in [5.74, 6) is -1.23. The minimum absolute atomic E-state index is 0.0305. The van der Waals surface area contributed by atoms with Gasteiger partial charge >= 0.3 is 5.97 Å².